The van der Waals surface area contributed by atoms with Crippen LogP contribution in [0.3, 0.4) is 0 Å². The van der Waals surface area contributed by atoms with E-state index in [1.807, 2.05) is 18.2 Å². The van der Waals surface area contributed by atoms with Crippen LogP contribution >= 0.6 is 11.6 Å². The molecule has 1 aliphatic rings. The molecule has 1 amide bonds. The van der Waals surface area contributed by atoms with E-state index in [9.17, 15) is 10.0 Å². The first kappa shape index (κ1) is 12.4. The number of anilines is 1. The fourth-order valence-corrected chi connectivity index (χ4v) is 2.31. The number of amides is 1. The van der Waals surface area contributed by atoms with E-state index < -0.39 is 11.3 Å². The number of hydrogen-bond acceptors (Lipinski definition) is 2. The lowest BCUT2D eigenvalue weighted by molar-refractivity contribution is -0.123. The van der Waals surface area contributed by atoms with Crippen LogP contribution in [0.2, 0.25) is 0 Å². The van der Waals surface area contributed by atoms with E-state index in [0.29, 0.717) is 17.2 Å². The number of unbranched alkanes of at least 4 members (excludes halogenated alkanes) is 1. The highest BCUT2D eigenvalue weighted by Crippen LogP contribution is 2.30. The molecule has 1 unspecified atom stereocenters. The van der Waals surface area contributed by atoms with Gasteiger partial charge >= 0.3 is 0 Å². The number of rotatable bonds is 3. The molecule has 1 aliphatic heterocycles. The van der Waals surface area contributed by atoms with Crippen molar-refractivity contribution in [3.05, 3.63) is 29.3 Å². The lowest BCUT2D eigenvalue weighted by atomic mass is 9.98. The number of nitrogens with zero attached hydrogens (tertiary/aromatic N) is 1. The summed E-state index contributed by atoms with van der Waals surface area (Å²) in [7, 11) is 0. The summed E-state index contributed by atoms with van der Waals surface area (Å²) >= 11 is 5.86. The van der Waals surface area contributed by atoms with Crippen molar-refractivity contribution in [2.45, 2.75) is 38.0 Å². The van der Waals surface area contributed by atoms with Gasteiger partial charge < -0.3 is 0 Å². The number of aryl methyl sites for hydroxylation is 1. The SMILES string of the molecule is CCCCc1ccc2c(c1)N(O)C(=O)C(Cl)C2. The molecule has 0 spiro atoms. The molecule has 0 saturated carbocycles. The number of alkyl halides is 1. The summed E-state index contributed by atoms with van der Waals surface area (Å²) in [5, 5.41) is 9.78. The van der Waals surface area contributed by atoms with Crippen molar-refractivity contribution < 1.29 is 10.0 Å². The van der Waals surface area contributed by atoms with Gasteiger partial charge in [0.15, 0.2) is 0 Å². The smallest absolute Gasteiger partial charge is 0.269 e. The lowest BCUT2D eigenvalue weighted by Gasteiger charge is -2.27. The van der Waals surface area contributed by atoms with Crippen LogP contribution in [-0.4, -0.2) is 16.5 Å². The van der Waals surface area contributed by atoms with Crippen molar-refractivity contribution in [1.82, 2.24) is 0 Å². The molecule has 1 heterocycles. The van der Waals surface area contributed by atoms with Gasteiger partial charge in [-0.2, -0.15) is 5.06 Å². The Hall–Kier alpha value is -1.06. The van der Waals surface area contributed by atoms with Gasteiger partial charge in [0.25, 0.3) is 5.91 Å². The Morgan fingerprint density at radius 2 is 2.29 bits per heavy atom. The first-order valence-electron chi connectivity index (χ1n) is 5.92. The van der Waals surface area contributed by atoms with Crippen LogP contribution in [0.5, 0.6) is 0 Å². The predicted molar refractivity (Wildman–Crippen MR) is 67.7 cm³/mol. The average molecular weight is 254 g/mol. The van der Waals surface area contributed by atoms with Crippen molar-refractivity contribution in [2.24, 2.45) is 0 Å². The molecule has 1 N–H and O–H groups in total. The third-order valence-corrected chi connectivity index (χ3v) is 3.41. The number of fused-ring (bicyclic) bond motifs is 1. The topological polar surface area (TPSA) is 40.5 Å². The van der Waals surface area contributed by atoms with E-state index in [1.165, 1.54) is 0 Å². The second-order valence-electron chi connectivity index (χ2n) is 4.39. The second-order valence-corrected chi connectivity index (χ2v) is 4.92. The van der Waals surface area contributed by atoms with Crippen LogP contribution in [-0.2, 0) is 17.6 Å². The van der Waals surface area contributed by atoms with Gasteiger partial charge in [-0.25, -0.2) is 0 Å². The zero-order valence-corrected chi connectivity index (χ0v) is 10.6. The highest BCUT2D eigenvalue weighted by atomic mass is 35.5. The summed E-state index contributed by atoms with van der Waals surface area (Å²) < 4.78 is 0. The van der Waals surface area contributed by atoms with Crippen LogP contribution in [0, 0.1) is 0 Å². The van der Waals surface area contributed by atoms with Crippen molar-refractivity contribution in [2.75, 3.05) is 5.06 Å². The molecule has 0 bridgehead atoms. The maximum atomic E-state index is 11.6. The van der Waals surface area contributed by atoms with Gasteiger partial charge in [-0.1, -0.05) is 25.5 Å². The summed E-state index contributed by atoms with van der Waals surface area (Å²) in [5.74, 6) is -0.438. The van der Waals surface area contributed by atoms with E-state index >= 15 is 0 Å². The molecule has 1 aromatic carbocycles. The van der Waals surface area contributed by atoms with Crippen LogP contribution in [0.15, 0.2) is 18.2 Å². The van der Waals surface area contributed by atoms with Gasteiger partial charge in [0.05, 0.1) is 5.69 Å². The minimum absolute atomic E-state index is 0.438. The van der Waals surface area contributed by atoms with E-state index in [2.05, 4.69) is 6.92 Å². The molecule has 2 rings (SSSR count). The van der Waals surface area contributed by atoms with E-state index in [4.69, 9.17) is 11.6 Å². The Labute approximate surface area is 106 Å². The van der Waals surface area contributed by atoms with Crippen molar-refractivity contribution >= 4 is 23.2 Å². The first-order valence-corrected chi connectivity index (χ1v) is 6.36. The Bertz CT molecular complexity index is 433. The molecule has 0 fully saturated rings. The first-order chi connectivity index (χ1) is 8.13. The largest absolute Gasteiger partial charge is 0.281 e. The van der Waals surface area contributed by atoms with Crippen LogP contribution in [0.25, 0.3) is 0 Å². The van der Waals surface area contributed by atoms with Gasteiger partial charge in [0, 0.05) is 0 Å². The Morgan fingerprint density at radius 3 is 3.00 bits per heavy atom. The third-order valence-electron chi connectivity index (χ3n) is 3.07. The highest BCUT2D eigenvalue weighted by molar-refractivity contribution is 6.33. The summed E-state index contributed by atoms with van der Waals surface area (Å²) in [6.07, 6.45) is 3.69. The number of halogens is 1. The molecule has 1 aromatic rings. The highest BCUT2D eigenvalue weighted by Gasteiger charge is 2.30. The van der Waals surface area contributed by atoms with Gasteiger partial charge in [0.1, 0.15) is 5.38 Å². The number of hydrogen-bond donors (Lipinski definition) is 1. The molecule has 92 valence electrons. The maximum Gasteiger partial charge on any atom is 0.269 e. The minimum atomic E-state index is -0.658. The normalized spacial score (nSPS) is 19.4. The second kappa shape index (κ2) is 5.07. The molecule has 1 atom stereocenters. The zero-order valence-electron chi connectivity index (χ0n) is 9.82. The Balaban J connectivity index is 2.28. The fourth-order valence-electron chi connectivity index (χ4n) is 2.05. The summed E-state index contributed by atoms with van der Waals surface area (Å²) in [5.41, 5.74) is 2.65. The monoisotopic (exact) mass is 253 g/mol. The molecule has 17 heavy (non-hydrogen) atoms. The maximum absolute atomic E-state index is 11.6. The third kappa shape index (κ3) is 2.45. The molecule has 3 nitrogen and oxygen atoms in total. The number of carbonyl (C=O) groups is 1. The minimum Gasteiger partial charge on any atom is -0.281 e. The molecular formula is C13H16ClNO2. The molecule has 4 heteroatoms. The number of hydroxylamine groups is 1. The standard InChI is InChI=1S/C13H16ClNO2/c1-2-3-4-9-5-6-10-8-11(14)13(16)15(17)12(10)7-9/h5-7,11,17H,2-4,8H2,1H3. The molecule has 0 aliphatic carbocycles. The van der Waals surface area contributed by atoms with E-state index in [1.54, 1.807) is 0 Å². The van der Waals surface area contributed by atoms with Crippen molar-refractivity contribution in [3.63, 3.8) is 0 Å². The summed E-state index contributed by atoms with van der Waals surface area (Å²) in [6.45, 7) is 2.14. The fraction of sp³-hybridized carbons (Fsp3) is 0.462. The number of benzene rings is 1. The average Bonchev–Trinajstić information content (AvgIpc) is 2.34. The van der Waals surface area contributed by atoms with Gasteiger partial charge in [-0.3, -0.25) is 10.0 Å². The molecule has 0 saturated heterocycles. The van der Waals surface area contributed by atoms with Gasteiger partial charge in [0.2, 0.25) is 0 Å². The van der Waals surface area contributed by atoms with Crippen LogP contribution in [0.4, 0.5) is 5.69 Å². The van der Waals surface area contributed by atoms with Crippen molar-refractivity contribution in [1.29, 1.82) is 0 Å². The molecule has 0 radical (unpaired) electrons. The molecule has 0 aromatic heterocycles. The van der Waals surface area contributed by atoms with Crippen LogP contribution in [0.1, 0.15) is 30.9 Å². The number of carbonyl (C=O) groups excluding carboxylic acids is 1. The lowest BCUT2D eigenvalue weighted by Crippen LogP contribution is -2.39. The quantitative estimate of drug-likeness (QED) is 0.665. The Kier molecular flexibility index (Phi) is 3.69. The Morgan fingerprint density at radius 1 is 1.53 bits per heavy atom. The summed E-state index contributed by atoms with van der Waals surface area (Å²) in [6, 6.07) is 5.87. The van der Waals surface area contributed by atoms with E-state index in [0.717, 1.165) is 30.4 Å². The predicted octanol–water partition coefficient (Wildman–Crippen LogP) is 2.91. The van der Waals surface area contributed by atoms with Gasteiger partial charge in [-0.05, 0) is 36.5 Å². The van der Waals surface area contributed by atoms with Crippen LogP contribution < -0.4 is 5.06 Å². The van der Waals surface area contributed by atoms with E-state index in [-0.39, 0.29) is 0 Å². The van der Waals surface area contributed by atoms with Crippen molar-refractivity contribution in [3.8, 4) is 0 Å². The molecular weight excluding hydrogens is 238 g/mol. The van der Waals surface area contributed by atoms with Gasteiger partial charge in [-0.15, -0.1) is 11.6 Å². The zero-order chi connectivity index (χ0) is 12.4. The summed E-state index contributed by atoms with van der Waals surface area (Å²) in [4.78, 5) is 11.6.